The number of benzene rings is 1. The van der Waals surface area contributed by atoms with Crippen molar-refractivity contribution in [2.24, 2.45) is 5.92 Å². The van der Waals surface area contributed by atoms with Crippen molar-refractivity contribution in [2.75, 3.05) is 26.2 Å². The summed E-state index contributed by atoms with van der Waals surface area (Å²) < 4.78 is 33.6. The zero-order chi connectivity index (χ0) is 23.5. The Balaban J connectivity index is 1.78. The predicted molar refractivity (Wildman–Crippen MR) is 123 cm³/mol. The van der Waals surface area contributed by atoms with Crippen LogP contribution in [0.5, 0.6) is 0 Å². The van der Waals surface area contributed by atoms with Gasteiger partial charge >= 0.3 is 5.97 Å². The van der Waals surface area contributed by atoms with E-state index in [9.17, 15) is 18.0 Å². The van der Waals surface area contributed by atoms with Gasteiger partial charge in [0, 0.05) is 26.2 Å². The van der Waals surface area contributed by atoms with E-state index in [1.165, 1.54) is 10.4 Å². The normalized spacial score (nSPS) is 19.9. The second kappa shape index (κ2) is 10.3. The quantitative estimate of drug-likeness (QED) is 0.621. The monoisotopic (exact) mass is 464 g/mol. The van der Waals surface area contributed by atoms with Gasteiger partial charge in [-0.2, -0.15) is 4.31 Å². The van der Waals surface area contributed by atoms with E-state index in [0.717, 1.165) is 38.5 Å². The van der Waals surface area contributed by atoms with Crippen LogP contribution in [0.4, 0.5) is 0 Å². The van der Waals surface area contributed by atoms with E-state index in [0.29, 0.717) is 43.2 Å². The number of carbonyl (C=O) groups is 2. The van der Waals surface area contributed by atoms with Gasteiger partial charge < -0.3 is 9.64 Å². The SMILES string of the molecule is Cc1cc(C(=O)OC(C)C(=O)N2CCCCCC2)cc(S(=O)(=O)N2CCC(C)CC2)c1C. The molecule has 3 rings (SSSR count). The predicted octanol–water partition coefficient (Wildman–Crippen LogP) is 3.67. The van der Waals surface area contributed by atoms with Crippen molar-refractivity contribution < 1.29 is 22.7 Å². The standard InChI is InChI=1S/C24H36N2O5S/c1-17-9-13-26(14-10-17)32(29,30)22-16-21(15-18(2)19(22)3)24(28)31-20(4)23(27)25-11-7-5-6-8-12-25/h15-17,20H,5-14H2,1-4H3. The molecule has 32 heavy (non-hydrogen) atoms. The Kier molecular flexibility index (Phi) is 7.98. The molecule has 0 spiro atoms. The van der Waals surface area contributed by atoms with Gasteiger partial charge in [0.2, 0.25) is 10.0 Å². The highest BCUT2D eigenvalue weighted by molar-refractivity contribution is 7.89. The summed E-state index contributed by atoms with van der Waals surface area (Å²) in [6, 6.07) is 3.04. The van der Waals surface area contributed by atoms with E-state index >= 15 is 0 Å². The third-order valence-corrected chi connectivity index (χ3v) is 8.79. The fourth-order valence-electron chi connectivity index (χ4n) is 4.40. The summed E-state index contributed by atoms with van der Waals surface area (Å²) in [5, 5.41) is 0. The maximum atomic E-state index is 13.3. The molecule has 7 nitrogen and oxygen atoms in total. The van der Waals surface area contributed by atoms with Crippen LogP contribution in [0.1, 0.15) is 73.9 Å². The first-order valence-electron chi connectivity index (χ1n) is 11.7. The summed E-state index contributed by atoms with van der Waals surface area (Å²) in [6.45, 7) is 9.59. The molecule has 2 heterocycles. The zero-order valence-electron chi connectivity index (χ0n) is 19.7. The minimum Gasteiger partial charge on any atom is -0.449 e. The number of carbonyl (C=O) groups excluding carboxylic acids is 2. The van der Waals surface area contributed by atoms with Gasteiger partial charge in [-0.25, -0.2) is 13.2 Å². The molecule has 0 aromatic heterocycles. The third-order valence-electron chi connectivity index (χ3n) is 6.77. The van der Waals surface area contributed by atoms with Crippen LogP contribution in [0, 0.1) is 19.8 Å². The number of amides is 1. The van der Waals surface area contributed by atoms with Crippen LogP contribution in [0.3, 0.4) is 0 Å². The molecular weight excluding hydrogens is 428 g/mol. The fraction of sp³-hybridized carbons (Fsp3) is 0.667. The van der Waals surface area contributed by atoms with Crippen LogP contribution >= 0.6 is 0 Å². The number of hydrogen-bond donors (Lipinski definition) is 0. The Labute approximate surface area is 192 Å². The summed E-state index contributed by atoms with van der Waals surface area (Å²) in [5.41, 5.74) is 1.50. The second-order valence-electron chi connectivity index (χ2n) is 9.29. The van der Waals surface area contributed by atoms with Crippen molar-refractivity contribution in [3.63, 3.8) is 0 Å². The molecular formula is C24H36N2O5S. The number of ether oxygens (including phenoxy) is 1. The van der Waals surface area contributed by atoms with Crippen LogP contribution < -0.4 is 0 Å². The summed E-state index contributed by atoms with van der Waals surface area (Å²) in [4.78, 5) is 27.5. The average molecular weight is 465 g/mol. The molecule has 1 unspecified atom stereocenters. The third kappa shape index (κ3) is 5.52. The zero-order valence-corrected chi connectivity index (χ0v) is 20.5. The molecule has 0 bridgehead atoms. The van der Waals surface area contributed by atoms with E-state index in [4.69, 9.17) is 4.74 Å². The summed E-state index contributed by atoms with van der Waals surface area (Å²) in [6.07, 6.45) is 4.87. The molecule has 0 saturated carbocycles. The number of piperidine rings is 1. The number of hydrogen-bond acceptors (Lipinski definition) is 5. The Bertz CT molecular complexity index is 943. The van der Waals surface area contributed by atoms with Gasteiger partial charge in [-0.05, 0) is 75.6 Å². The first-order valence-corrected chi connectivity index (χ1v) is 13.2. The maximum absolute atomic E-state index is 13.3. The van der Waals surface area contributed by atoms with E-state index in [1.54, 1.807) is 31.7 Å². The molecule has 1 aromatic carbocycles. The number of aryl methyl sites for hydroxylation is 1. The Morgan fingerprint density at radius 3 is 2.19 bits per heavy atom. The number of sulfonamides is 1. The highest BCUT2D eigenvalue weighted by Crippen LogP contribution is 2.28. The molecule has 178 valence electrons. The lowest BCUT2D eigenvalue weighted by molar-refractivity contribution is -0.139. The van der Waals surface area contributed by atoms with Crippen LogP contribution in [-0.4, -0.2) is 61.8 Å². The van der Waals surface area contributed by atoms with Gasteiger partial charge in [-0.3, -0.25) is 4.79 Å². The van der Waals surface area contributed by atoms with Crippen molar-refractivity contribution in [2.45, 2.75) is 77.2 Å². The van der Waals surface area contributed by atoms with Crippen molar-refractivity contribution in [3.05, 3.63) is 28.8 Å². The summed E-state index contributed by atoms with van der Waals surface area (Å²) in [7, 11) is -3.71. The van der Waals surface area contributed by atoms with Gasteiger partial charge in [0.25, 0.3) is 5.91 Å². The molecule has 8 heteroatoms. The van der Waals surface area contributed by atoms with E-state index in [-0.39, 0.29) is 16.4 Å². The molecule has 2 aliphatic rings. The fourth-order valence-corrected chi connectivity index (χ4v) is 6.20. The van der Waals surface area contributed by atoms with Crippen molar-refractivity contribution >= 4 is 21.9 Å². The lowest BCUT2D eigenvalue weighted by Crippen LogP contribution is -2.40. The average Bonchev–Trinajstić information content (AvgIpc) is 3.04. The molecule has 0 N–H and O–H groups in total. The van der Waals surface area contributed by atoms with E-state index in [2.05, 4.69) is 6.92 Å². The van der Waals surface area contributed by atoms with Gasteiger partial charge in [0.15, 0.2) is 6.10 Å². The lowest BCUT2D eigenvalue weighted by atomic mass is 10.0. The first-order chi connectivity index (χ1) is 15.1. The lowest BCUT2D eigenvalue weighted by Gasteiger charge is -2.30. The summed E-state index contributed by atoms with van der Waals surface area (Å²) in [5.74, 6) is -0.360. The molecule has 2 aliphatic heterocycles. The number of esters is 1. The van der Waals surface area contributed by atoms with Crippen LogP contribution in [0.15, 0.2) is 17.0 Å². The van der Waals surface area contributed by atoms with Crippen LogP contribution in [0.25, 0.3) is 0 Å². The molecule has 1 aromatic rings. The topological polar surface area (TPSA) is 84.0 Å². The first kappa shape index (κ1) is 24.7. The molecule has 2 fully saturated rings. The Hall–Kier alpha value is -1.93. The van der Waals surface area contributed by atoms with Gasteiger partial charge in [-0.1, -0.05) is 19.8 Å². The summed E-state index contributed by atoms with van der Waals surface area (Å²) >= 11 is 0. The Morgan fingerprint density at radius 2 is 1.59 bits per heavy atom. The van der Waals surface area contributed by atoms with Crippen LogP contribution in [0.2, 0.25) is 0 Å². The molecule has 2 saturated heterocycles. The van der Waals surface area contributed by atoms with E-state index in [1.807, 2.05) is 0 Å². The van der Waals surface area contributed by atoms with Crippen molar-refractivity contribution in [1.82, 2.24) is 9.21 Å². The molecule has 1 amide bonds. The minimum absolute atomic E-state index is 0.144. The van der Waals surface area contributed by atoms with Gasteiger partial charge in [0.1, 0.15) is 0 Å². The minimum atomic E-state index is -3.71. The number of rotatable bonds is 5. The Morgan fingerprint density at radius 1 is 1.00 bits per heavy atom. The highest BCUT2D eigenvalue weighted by atomic mass is 32.2. The largest absolute Gasteiger partial charge is 0.449 e. The smallest absolute Gasteiger partial charge is 0.338 e. The number of nitrogens with zero attached hydrogens (tertiary/aromatic N) is 2. The van der Waals surface area contributed by atoms with Gasteiger partial charge in [-0.15, -0.1) is 0 Å². The van der Waals surface area contributed by atoms with Crippen molar-refractivity contribution in [3.8, 4) is 0 Å². The molecule has 0 aliphatic carbocycles. The number of likely N-dealkylation sites (tertiary alicyclic amines) is 1. The highest BCUT2D eigenvalue weighted by Gasteiger charge is 2.31. The molecule has 0 radical (unpaired) electrons. The van der Waals surface area contributed by atoms with Crippen molar-refractivity contribution in [1.29, 1.82) is 0 Å². The maximum Gasteiger partial charge on any atom is 0.338 e. The molecule has 1 atom stereocenters. The second-order valence-corrected chi connectivity index (χ2v) is 11.2. The van der Waals surface area contributed by atoms with Crippen LogP contribution in [-0.2, 0) is 19.6 Å². The van der Waals surface area contributed by atoms with Gasteiger partial charge in [0.05, 0.1) is 10.5 Å². The van der Waals surface area contributed by atoms with E-state index < -0.39 is 22.1 Å².